The summed E-state index contributed by atoms with van der Waals surface area (Å²) in [7, 11) is 1.58. The second-order valence-electron chi connectivity index (χ2n) is 6.72. The van der Waals surface area contributed by atoms with E-state index in [9.17, 15) is 9.59 Å². The van der Waals surface area contributed by atoms with Crippen LogP contribution < -0.4 is 19.6 Å². The van der Waals surface area contributed by atoms with Crippen LogP contribution in [0.4, 0.5) is 0 Å². The van der Waals surface area contributed by atoms with Crippen LogP contribution in [-0.4, -0.2) is 24.3 Å². The highest BCUT2D eigenvalue weighted by molar-refractivity contribution is 9.10. The quantitative estimate of drug-likeness (QED) is 0.500. The van der Waals surface area contributed by atoms with Crippen LogP contribution in [0.25, 0.3) is 6.08 Å². The summed E-state index contributed by atoms with van der Waals surface area (Å²) in [5.41, 5.74) is 1.36. The normalized spacial score (nSPS) is 16.1. The highest BCUT2D eigenvalue weighted by Crippen LogP contribution is 2.31. The molecule has 31 heavy (non-hydrogen) atoms. The number of fused-ring (bicyclic) bond motifs is 1. The van der Waals surface area contributed by atoms with Crippen molar-refractivity contribution in [1.29, 1.82) is 0 Å². The third kappa shape index (κ3) is 4.03. The molecule has 0 radical (unpaired) electrons. The molecule has 0 saturated heterocycles. The molecule has 0 saturated carbocycles. The van der Waals surface area contributed by atoms with Gasteiger partial charge in [0.15, 0.2) is 9.47 Å². The fraction of sp³-hybridized carbons (Fsp3) is 0.227. The van der Waals surface area contributed by atoms with Gasteiger partial charge in [0.05, 0.1) is 35.6 Å². The highest BCUT2D eigenvalue weighted by atomic mass is 79.9. The number of hydrogen-bond acceptors (Lipinski definition) is 7. The molecule has 1 aliphatic heterocycles. The number of carbonyl (C=O) groups is 1. The number of esters is 1. The Bertz CT molecular complexity index is 1350. The molecule has 3 aromatic rings. The Kier molecular flexibility index (Phi) is 5.97. The van der Waals surface area contributed by atoms with E-state index in [1.54, 1.807) is 51.3 Å². The Hall–Kier alpha value is -2.91. The summed E-state index contributed by atoms with van der Waals surface area (Å²) in [6, 6.07) is 10.1. The van der Waals surface area contributed by atoms with Crippen LogP contribution in [0.15, 0.2) is 66.5 Å². The summed E-state index contributed by atoms with van der Waals surface area (Å²) in [5.74, 6) is 0.728. The smallest absolute Gasteiger partial charge is 0.338 e. The topological polar surface area (TPSA) is 83.0 Å². The Morgan fingerprint density at radius 2 is 2.03 bits per heavy atom. The Balaban J connectivity index is 1.94. The molecule has 0 amide bonds. The van der Waals surface area contributed by atoms with Gasteiger partial charge in [-0.25, -0.2) is 9.79 Å². The van der Waals surface area contributed by atoms with Gasteiger partial charge < -0.3 is 13.9 Å². The van der Waals surface area contributed by atoms with E-state index < -0.39 is 12.0 Å². The fourth-order valence-electron chi connectivity index (χ4n) is 3.43. The molecule has 0 fully saturated rings. The first-order chi connectivity index (χ1) is 14.9. The molecule has 1 atom stereocenters. The van der Waals surface area contributed by atoms with Gasteiger partial charge in [-0.15, -0.1) is 0 Å². The number of benzene rings is 1. The van der Waals surface area contributed by atoms with Crippen LogP contribution in [-0.2, 0) is 9.53 Å². The minimum absolute atomic E-state index is 0.225. The lowest BCUT2D eigenvalue weighted by molar-refractivity contribution is -0.139. The average Bonchev–Trinajstić information content (AvgIpc) is 3.30. The number of aromatic nitrogens is 1. The molecule has 3 heterocycles. The highest BCUT2D eigenvalue weighted by Gasteiger charge is 2.33. The van der Waals surface area contributed by atoms with Crippen molar-refractivity contribution in [3.05, 3.63) is 83.3 Å². The summed E-state index contributed by atoms with van der Waals surface area (Å²) < 4.78 is 18.6. The summed E-state index contributed by atoms with van der Waals surface area (Å²) in [6.45, 7) is 3.72. The molecule has 1 aromatic carbocycles. The third-order valence-electron chi connectivity index (χ3n) is 4.82. The monoisotopic (exact) mass is 502 g/mol. The van der Waals surface area contributed by atoms with E-state index in [4.69, 9.17) is 13.9 Å². The Labute approximate surface area is 190 Å². The van der Waals surface area contributed by atoms with Gasteiger partial charge in [0, 0.05) is 6.08 Å². The maximum Gasteiger partial charge on any atom is 0.338 e. The van der Waals surface area contributed by atoms with Gasteiger partial charge in [0.1, 0.15) is 11.5 Å². The number of ether oxygens (including phenoxy) is 2. The first-order valence-corrected chi connectivity index (χ1v) is 11.1. The van der Waals surface area contributed by atoms with Crippen LogP contribution in [0.1, 0.15) is 31.2 Å². The molecular weight excluding hydrogens is 484 g/mol. The number of furan rings is 1. The molecule has 9 heteroatoms. The van der Waals surface area contributed by atoms with Crippen molar-refractivity contribution in [3.8, 4) is 5.75 Å². The maximum atomic E-state index is 13.4. The van der Waals surface area contributed by atoms with E-state index in [2.05, 4.69) is 20.9 Å². The van der Waals surface area contributed by atoms with Crippen molar-refractivity contribution in [1.82, 2.24) is 4.57 Å². The van der Waals surface area contributed by atoms with E-state index in [0.717, 1.165) is 5.56 Å². The van der Waals surface area contributed by atoms with E-state index >= 15 is 0 Å². The number of rotatable bonds is 5. The standard InChI is InChI=1S/C22H19BrN2O5S/c1-4-29-21(27)18-12(2)24-22-25(19(18)13-5-7-14(28-3)8-6-13)20(26)16(31-22)11-15-9-10-17(23)30-15/h5-11,19H,4H2,1-3H3/b16-11-/t19-/m0/s1. The minimum Gasteiger partial charge on any atom is -0.497 e. The zero-order valence-electron chi connectivity index (χ0n) is 17.0. The lowest BCUT2D eigenvalue weighted by Gasteiger charge is -2.24. The number of methoxy groups -OCH3 is 1. The van der Waals surface area contributed by atoms with E-state index in [-0.39, 0.29) is 12.2 Å². The predicted octanol–water partition coefficient (Wildman–Crippen LogP) is 3.16. The maximum absolute atomic E-state index is 13.4. The first kappa shape index (κ1) is 21.3. The Morgan fingerprint density at radius 3 is 2.65 bits per heavy atom. The first-order valence-electron chi connectivity index (χ1n) is 9.52. The van der Waals surface area contributed by atoms with E-state index in [0.29, 0.717) is 36.8 Å². The van der Waals surface area contributed by atoms with Gasteiger partial charge in [-0.05, 0) is 59.6 Å². The molecule has 4 rings (SSSR count). The van der Waals surface area contributed by atoms with Gasteiger partial charge in [0.2, 0.25) is 0 Å². The van der Waals surface area contributed by atoms with Crippen LogP contribution in [0.5, 0.6) is 5.75 Å². The number of nitrogens with zero attached hydrogens (tertiary/aromatic N) is 2. The second-order valence-corrected chi connectivity index (χ2v) is 8.51. The molecule has 1 aliphatic rings. The van der Waals surface area contributed by atoms with Crippen molar-refractivity contribution < 1.29 is 18.7 Å². The van der Waals surface area contributed by atoms with Crippen LogP contribution in [0.3, 0.4) is 0 Å². The van der Waals surface area contributed by atoms with Crippen LogP contribution in [0.2, 0.25) is 0 Å². The SMILES string of the molecule is CCOC(=O)C1=C(C)N=c2s/c(=C\c3ccc(Br)o3)c(=O)n2[C@H]1c1ccc(OC)cc1. The minimum atomic E-state index is -0.660. The van der Waals surface area contributed by atoms with Gasteiger partial charge in [-0.3, -0.25) is 9.36 Å². The zero-order chi connectivity index (χ0) is 22.1. The molecule has 0 bridgehead atoms. The van der Waals surface area contributed by atoms with Crippen molar-refractivity contribution in [2.75, 3.05) is 13.7 Å². The summed E-state index contributed by atoms with van der Waals surface area (Å²) in [5, 5.41) is 0. The number of thiazole rings is 1. The molecule has 0 unspecified atom stereocenters. The van der Waals surface area contributed by atoms with Crippen molar-refractivity contribution in [2.24, 2.45) is 4.99 Å². The number of halogens is 1. The van der Waals surface area contributed by atoms with E-state index in [1.165, 1.54) is 15.9 Å². The molecular formula is C22H19BrN2O5S. The molecule has 7 nitrogen and oxygen atoms in total. The van der Waals surface area contributed by atoms with Gasteiger partial charge in [0.25, 0.3) is 5.56 Å². The van der Waals surface area contributed by atoms with Gasteiger partial charge in [-0.2, -0.15) is 0 Å². The summed E-state index contributed by atoms with van der Waals surface area (Å²) in [6.07, 6.45) is 1.67. The zero-order valence-corrected chi connectivity index (χ0v) is 19.5. The van der Waals surface area contributed by atoms with Gasteiger partial charge in [-0.1, -0.05) is 23.5 Å². The summed E-state index contributed by atoms with van der Waals surface area (Å²) >= 11 is 4.51. The van der Waals surface area contributed by atoms with E-state index in [1.807, 2.05) is 12.1 Å². The number of carbonyl (C=O) groups excluding carboxylic acids is 1. The Morgan fingerprint density at radius 1 is 1.29 bits per heavy atom. The van der Waals surface area contributed by atoms with Crippen molar-refractivity contribution >= 4 is 39.3 Å². The molecule has 160 valence electrons. The number of hydrogen-bond donors (Lipinski definition) is 0. The lowest BCUT2D eigenvalue weighted by atomic mass is 9.96. The summed E-state index contributed by atoms with van der Waals surface area (Å²) in [4.78, 5) is 31.3. The van der Waals surface area contributed by atoms with Gasteiger partial charge >= 0.3 is 5.97 Å². The molecule has 2 aromatic heterocycles. The average molecular weight is 503 g/mol. The van der Waals surface area contributed by atoms with Crippen LogP contribution >= 0.6 is 27.3 Å². The largest absolute Gasteiger partial charge is 0.497 e. The van der Waals surface area contributed by atoms with Crippen LogP contribution in [0, 0.1) is 0 Å². The fourth-order valence-corrected chi connectivity index (χ4v) is 4.77. The second kappa shape index (κ2) is 8.68. The lowest BCUT2D eigenvalue weighted by Crippen LogP contribution is -2.39. The third-order valence-corrected chi connectivity index (χ3v) is 6.23. The number of allylic oxidation sites excluding steroid dienone is 1. The predicted molar refractivity (Wildman–Crippen MR) is 120 cm³/mol. The van der Waals surface area contributed by atoms with Crippen molar-refractivity contribution in [2.45, 2.75) is 19.9 Å². The van der Waals surface area contributed by atoms with Crippen molar-refractivity contribution in [3.63, 3.8) is 0 Å². The molecule has 0 spiro atoms. The molecule has 0 aliphatic carbocycles. The molecule has 0 N–H and O–H groups in total.